The van der Waals surface area contributed by atoms with Crippen LogP contribution in [0.15, 0.2) is 235 Å². The van der Waals surface area contributed by atoms with Gasteiger partial charge in [0, 0.05) is 49.9 Å². The summed E-state index contributed by atoms with van der Waals surface area (Å²) < 4.78 is 9.38. The minimum atomic E-state index is 0.576. The van der Waals surface area contributed by atoms with E-state index in [0.717, 1.165) is 77.6 Å². The first-order valence-corrected chi connectivity index (χ1v) is 23.0. The van der Waals surface area contributed by atoms with E-state index in [2.05, 4.69) is 193 Å². The van der Waals surface area contributed by atoms with Gasteiger partial charge in [0.1, 0.15) is 11.2 Å². The van der Waals surface area contributed by atoms with Crippen LogP contribution in [0.3, 0.4) is 0 Å². The number of fused-ring (bicyclic) bond motifs is 9. The van der Waals surface area contributed by atoms with Gasteiger partial charge in [-0.2, -0.15) is 0 Å². The second-order valence-corrected chi connectivity index (χ2v) is 17.6. The molecule has 3 aromatic heterocycles. The lowest BCUT2D eigenvalue weighted by atomic mass is 9.98. The third-order valence-corrected chi connectivity index (χ3v) is 13.6. The highest BCUT2D eigenvalue weighted by Crippen LogP contribution is 2.44. The number of hydrogen-bond acceptors (Lipinski definition) is 4. The van der Waals surface area contributed by atoms with Crippen molar-refractivity contribution in [2.24, 2.45) is 0 Å². The van der Waals surface area contributed by atoms with Gasteiger partial charge in [-0.25, -0.2) is 15.0 Å². The van der Waals surface area contributed by atoms with E-state index >= 15 is 0 Å². The first-order chi connectivity index (χ1) is 33.7. The molecule has 68 heavy (non-hydrogen) atoms. The van der Waals surface area contributed by atoms with E-state index in [1.165, 1.54) is 43.1 Å². The Morgan fingerprint density at radius 3 is 1.43 bits per heavy atom. The molecule has 14 aromatic rings. The van der Waals surface area contributed by atoms with Gasteiger partial charge < -0.3 is 8.98 Å². The standard InChI is InChI=1S/C63H38N4O/c1-3-15-41(16-4-1)51-37-54-59(38-57(51)67-55-35-47-22-11-9-20-45(47)33-52(55)53-34-46-21-10-12-23-48(46)36-56(53)67)68-58-25-13-24-50(60(54)58)63-65-61(42-17-5-2-6-18-42)64-62(66-63)43-29-26-40(27-30-43)49-31-28-39-14-7-8-19-44(39)32-49/h1-38H. The summed E-state index contributed by atoms with van der Waals surface area (Å²) in [6.45, 7) is 0. The minimum absolute atomic E-state index is 0.576. The van der Waals surface area contributed by atoms with E-state index in [0.29, 0.717) is 17.5 Å². The summed E-state index contributed by atoms with van der Waals surface area (Å²) in [5, 5.41) is 11.6. The van der Waals surface area contributed by atoms with Gasteiger partial charge in [-0.15, -0.1) is 0 Å². The molecule has 11 aromatic carbocycles. The van der Waals surface area contributed by atoms with E-state index in [-0.39, 0.29) is 0 Å². The Morgan fingerprint density at radius 2 is 0.794 bits per heavy atom. The number of rotatable bonds is 6. The molecular formula is C63H38N4O. The molecule has 5 heteroatoms. The van der Waals surface area contributed by atoms with E-state index in [4.69, 9.17) is 19.4 Å². The summed E-state index contributed by atoms with van der Waals surface area (Å²) >= 11 is 0. The fourth-order valence-electron chi connectivity index (χ4n) is 10.3. The van der Waals surface area contributed by atoms with Crippen molar-refractivity contribution in [1.29, 1.82) is 0 Å². The Labute approximate surface area is 390 Å². The summed E-state index contributed by atoms with van der Waals surface area (Å²) in [5.74, 6) is 1.78. The van der Waals surface area contributed by atoms with Gasteiger partial charge >= 0.3 is 0 Å². The SMILES string of the molecule is c1ccc(-c2nc(-c3ccc(-c4ccc5ccccc5c4)cc3)nc(-c3cccc4oc5cc(-n6c7cc8ccccc8cc7c7cc8ccccc8cc76)c(-c6ccccc6)cc5c34)n2)cc1. The van der Waals surface area contributed by atoms with Crippen LogP contribution in [0.2, 0.25) is 0 Å². The van der Waals surface area contributed by atoms with Crippen molar-refractivity contribution in [3.63, 3.8) is 0 Å². The Balaban J connectivity index is 0.987. The van der Waals surface area contributed by atoms with Crippen LogP contribution in [0.1, 0.15) is 0 Å². The molecular weight excluding hydrogens is 829 g/mol. The average molecular weight is 867 g/mol. The van der Waals surface area contributed by atoms with Crippen LogP contribution in [0, 0.1) is 0 Å². The van der Waals surface area contributed by atoms with E-state index < -0.39 is 0 Å². The first kappa shape index (κ1) is 38.1. The summed E-state index contributed by atoms with van der Waals surface area (Å²) in [4.78, 5) is 15.6. The van der Waals surface area contributed by atoms with Crippen molar-refractivity contribution in [1.82, 2.24) is 19.5 Å². The van der Waals surface area contributed by atoms with Crippen LogP contribution in [-0.4, -0.2) is 19.5 Å². The topological polar surface area (TPSA) is 56.7 Å². The predicted molar refractivity (Wildman–Crippen MR) is 281 cm³/mol. The first-order valence-electron chi connectivity index (χ1n) is 23.0. The van der Waals surface area contributed by atoms with Crippen LogP contribution < -0.4 is 0 Å². The molecule has 0 unspecified atom stereocenters. The second kappa shape index (κ2) is 15.2. The van der Waals surface area contributed by atoms with Crippen molar-refractivity contribution in [2.75, 3.05) is 0 Å². The minimum Gasteiger partial charge on any atom is -0.456 e. The third kappa shape index (κ3) is 6.21. The zero-order valence-corrected chi connectivity index (χ0v) is 36.6. The second-order valence-electron chi connectivity index (χ2n) is 17.6. The fourth-order valence-corrected chi connectivity index (χ4v) is 10.3. The van der Waals surface area contributed by atoms with Gasteiger partial charge in [0.2, 0.25) is 0 Å². The molecule has 0 aliphatic carbocycles. The Kier molecular flexibility index (Phi) is 8.52. The maximum Gasteiger partial charge on any atom is 0.164 e. The van der Waals surface area contributed by atoms with Gasteiger partial charge in [0.05, 0.1) is 16.7 Å². The molecule has 0 N–H and O–H groups in total. The molecule has 0 aliphatic heterocycles. The summed E-state index contributed by atoms with van der Waals surface area (Å²) in [6.07, 6.45) is 0. The van der Waals surface area contributed by atoms with Crippen molar-refractivity contribution in [2.45, 2.75) is 0 Å². The Bertz CT molecular complexity index is 4210. The lowest BCUT2D eigenvalue weighted by Crippen LogP contribution is -2.00. The summed E-state index contributed by atoms with van der Waals surface area (Å²) in [6, 6.07) is 81.8. The van der Waals surface area contributed by atoms with Gasteiger partial charge in [0.15, 0.2) is 17.5 Å². The average Bonchev–Trinajstić information content (AvgIpc) is 3.93. The quantitative estimate of drug-likeness (QED) is 0.167. The molecule has 0 amide bonds. The maximum atomic E-state index is 6.94. The largest absolute Gasteiger partial charge is 0.456 e. The molecule has 14 rings (SSSR count). The normalized spacial score (nSPS) is 11.8. The van der Waals surface area contributed by atoms with E-state index in [9.17, 15) is 0 Å². The molecule has 316 valence electrons. The van der Waals surface area contributed by atoms with Crippen molar-refractivity contribution >= 4 is 76.1 Å². The Hall–Kier alpha value is -9.19. The highest BCUT2D eigenvalue weighted by Gasteiger charge is 2.23. The monoisotopic (exact) mass is 866 g/mol. The van der Waals surface area contributed by atoms with Gasteiger partial charge in [-0.1, -0.05) is 182 Å². The molecule has 0 saturated heterocycles. The van der Waals surface area contributed by atoms with Crippen LogP contribution in [-0.2, 0) is 0 Å². The molecule has 0 fully saturated rings. The molecule has 0 bridgehead atoms. The number of hydrogen-bond donors (Lipinski definition) is 0. The number of aromatic nitrogens is 4. The zero-order valence-electron chi connectivity index (χ0n) is 36.6. The van der Waals surface area contributed by atoms with E-state index in [1.807, 2.05) is 42.5 Å². The highest BCUT2D eigenvalue weighted by atomic mass is 16.3. The maximum absolute atomic E-state index is 6.94. The molecule has 0 spiro atoms. The molecule has 0 saturated carbocycles. The smallest absolute Gasteiger partial charge is 0.164 e. The number of benzene rings is 11. The summed E-state index contributed by atoms with van der Waals surface area (Å²) in [5.41, 5.74) is 12.0. The predicted octanol–water partition coefficient (Wildman–Crippen LogP) is 16.7. The highest BCUT2D eigenvalue weighted by molar-refractivity contribution is 6.18. The van der Waals surface area contributed by atoms with Crippen LogP contribution in [0.4, 0.5) is 0 Å². The van der Waals surface area contributed by atoms with Crippen LogP contribution in [0.25, 0.3) is 138 Å². The van der Waals surface area contributed by atoms with Crippen molar-refractivity contribution < 1.29 is 4.42 Å². The third-order valence-electron chi connectivity index (χ3n) is 13.6. The summed E-state index contributed by atoms with van der Waals surface area (Å²) in [7, 11) is 0. The van der Waals surface area contributed by atoms with Gasteiger partial charge in [-0.3, -0.25) is 0 Å². The molecule has 5 nitrogen and oxygen atoms in total. The van der Waals surface area contributed by atoms with Crippen molar-refractivity contribution in [3.8, 4) is 62.1 Å². The van der Waals surface area contributed by atoms with Crippen molar-refractivity contribution in [3.05, 3.63) is 231 Å². The molecule has 0 radical (unpaired) electrons. The molecule has 0 atom stereocenters. The van der Waals surface area contributed by atoms with Gasteiger partial charge in [0.25, 0.3) is 0 Å². The van der Waals surface area contributed by atoms with Gasteiger partial charge in [-0.05, 0) is 91.5 Å². The zero-order chi connectivity index (χ0) is 44.7. The fraction of sp³-hybridized carbons (Fsp3) is 0. The molecule has 0 aliphatic rings. The number of furan rings is 1. The number of nitrogens with zero attached hydrogens (tertiary/aromatic N) is 4. The van der Waals surface area contributed by atoms with Crippen LogP contribution >= 0.6 is 0 Å². The lowest BCUT2D eigenvalue weighted by Gasteiger charge is -2.15. The van der Waals surface area contributed by atoms with E-state index in [1.54, 1.807) is 0 Å². The molecule has 3 heterocycles. The Morgan fingerprint density at radius 1 is 0.294 bits per heavy atom. The lowest BCUT2D eigenvalue weighted by molar-refractivity contribution is 0.668. The van der Waals surface area contributed by atoms with Crippen LogP contribution in [0.5, 0.6) is 0 Å².